The van der Waals surface area contributed by atoms with Crippen molar-refractivity contribution in [3.05, 3.63) is 29.3 Å². The van der Waals surface area contributed by atoms with Crippen molar-refractivity contribution in [1.82, 2.24) is 4.90 Å². The minimum atomic E-state index is -0.0681. The quantitative estimate of drug-likeness (QED) is 0.838. The van der Waals surface area contributed by atoms with Crippen molar-refractivity contribution in [3.8, 4) is 5.75 Å². The van der Waals surface area contributed by atoms with Crippen LogP contribution in [0.4, 0.5) is 0 Å². The second kappa shape index (κ2) is 6.52. The molecule has 1 aromatic carbocycles. The highest BCUT2D eigenvalue weighted by Gasteiger charge is 2.16. The van der Waals surface area contributed by atoms with Crippen molar-refractivity contribution < 1.29 is 9.53 Å². The molecule has 0 aliphatic heterocycles. The fourth-order valence-electron chi connectivity index (χ4n) is 1.76. The van der Waals surface area contributed by atoms with E-state index in [4.69, 9.17) is 22.7 Å². The predicted molar refractivity (Wildman–Crippen MR) is 80.6 cm³/mol. The third kappa shape index (κ3) is 3.92. The molecule has 0 saturated carbocycles. The summed E-state index contributed by atoms with van der Waals surface area (Å²) < 4.78 is 5.22. The molecule has 1 unspecified atom stereocenters. The number of thiocarbonyl (C=S) groups is 1. The fourth-order valence-corrected chi connectivity index (χ4v) is 1.83. The zero-order valence-electron chi connectivity index (χ0n) is 11.8. The van der Waals surface area contributed by atoms with Crippen LogP contribution in [0.5, 0.6) is 5.75 Å². The molecular weight excluding hydrogens is 260 g/mol. The lowest BCUT2D eigenvalue weighted by atomic mass is 10.1. The third-order valence-electron chi connectivity index (χ3n) is 3.04. The molecule has 19 heavy (non-hydrogen) atoms. The zero-order chi connectivity index (χ0) is 14.6. The van der Waals surface area contributed by atoms with Gasteiger partial charge in [-0.1, -0.05) is 25.2 Å². The molecule has 0 aliphatic rings. The summed E-state index contributed by atoms with van der Waals surface area (Å²) in [5, 5.41) is 0. The van der Waals surface area contributed by atoms with Gasteiger partial charge >= 0.3 is 0 Å². The van der Waals surface area contributed by atoms with E-state index in [9.17, 15) is 4.79 Å². The molecule has 104 valence electrons. The standard InChI is InChI=1S/C14H20N2O2S/c1-9-5-6-11(7-12(9)18-4)14(17)16(3)8-10(2)13(15)19/h5-7,10H,8H2,1-4H3,(H2,15,19). The van der Waals surface area contributed by atoms with Gasteiger partial charge in [-0.05, 0) is 24.6 Å². The van der Waals surface area contributed by atoms with E-state index in [2.05, 4.69) is 0 Å². The molecule has 1 atom stereocenters. The number of methoxy groups -OCH3 is 1. The van der Waals surface area contributed by atoms with E-state index in [0.717, 1.165) is 5.56 Å². The van der Waals surface area contributed by atoms with Crippen molar-refractivity contribution >= 4 is 23.1 Å². The molecule has 0 bridgehead atoms. The molecule has 0 saturated heterocycles. The normalized spacial score (nSPS) is 11.8. The predicted octanol–water partition coefficient (Wildman–Crippen LogP) is 2.00. The molecule has 4 nitrogen and oxygen atoms in total. The van der Waals surface area contributed by atoms with Gasteiger partial charge in [0.25, 0.3) is 5.91 Å². The molecule has 1 amide bonds. The molecule has 2 N–H and O–H groups in total. The van der Waals surface area contributed by atoms with Crippen LogP contribution in [0, 0.1) is 12.8 Å². The van der Waals surface area contributed by atoms with E-state index in [1.54, 1.807) is 31.2 Å². The maximum Gasteiger partial charge on any atom is 0.253 e. The number of aryl methyl sites for hydroxylation is 1. The Balaban J connectivity index is 2.85. The smallest absolute Gasteiger partial charge is 0.253 e. The zero-order valence-corrected chi connectivity index (χ0v) is 12.6. The molecule has 0 fully saturated rings. The van der Waals surface area contributed by atoms with Crippen LogP contribution in [-0.4, -0.2) is 36.5 Å². The van der Waals surface area contributed by atoms with Gasteiger partial charge in [-0.25, -0.2) is 0 Å². The number of amides is 1. The summed E-state index contributed by atoms with van der Waals surface area (Å²) >= 11 is 4.92. The highest BCUT2D eigenvalue weighted by Crippen LogP contribution is 2.20. The topological polar surface area (TPSA) is 55.6 Å². The maximum absolute atomic E-state index is 12.3. The van der Waals surface area contributed by atoms with Gasteiger partial charge in [0.2, 0.25) is 0 Å². The first-order valence-corrected chi connectivity index (χ1v) is 6.47. The number of nitrogens with zero attached hydrogens (tertiary/aromatic N) is 1. The SMILES string of the molecule is COc1cc(C(=O)N(C)CC(C)C(N)=S)ccc1C. The second-order valence-corrected chi connectivity index (χ2v) is 5.14. The van der Waals surface area contributed by atoms with E-state index in [1.807, 2.05) is 19.9 Å². The molecular formula is C14H20N2O2S. The van der Waals surface area contributed by atoms with E-state index >= 15 is 0 Å². The number of carbonyl (C=O) groups excluding carboxylic acids is 1. The van der Waals surface area contributed by atoms with Crippen LogP contribution in [0.1, 0.15) is 22.8 Å². The van der Waals surface area contributed by atoms with Crippen LogP contribution >= 0.6 is 12.2 Å². The van der Waals surface area contributed by atoms with Crippen molar-refractivity contribution in [3.63, 3.8) is 0 Å². The Kier molecular flexibility index (Phi) is 5.30. The van der Waals surface area contributed by atoms with Crippen molar-refractivity contribution in [1.29, 1.82) is 0 Å². The average Bonchev–Trinajstić information content (AvgIpc) is 2.38. The van der Waals surface area contributed by atoms with E-state index in [1.165, 1.54) is 0 Å². The third-order valence-corrected chi connectivity index (χ3v) is 3.44. The molecule has 0 aromatic heterocycles. The molecule has 1 aromatic rings. The minimum Gasteiger partial charge on any atom is -0.496 e. The number of hydrogen-bond acceptors (Lipinski definition) is 3. The Morgan fingerprint density at radius 2 is 2.16 bits per heavy atom. The van der Waals surface area contributed by atoms with Crippen LogP contribution in [0.3, 0.4) is 0 Å². The highest BCUT2D eigenvalue weighted by molar-refractivity contribution is 7.80. The van der Waals surface area contributed by atoms with E-state index < -0.39 is 0 Å². The Bertz CT molecular complexity index is 488. The van der Waals surface area contributed by atoms with Crippen LogP contribution < -0.4 is 10.5 Å². The van der Waals surface area contributed by atoms with Gasteiger partial charge in [-0.2, -0.15) is 0 Å². The van der Waals surface area contributed by atoms with Gasteiger partial charge in [-0.3, -0.25) is 4.79 Å². The summed E-state index contributed by atoms with van der Waals surface area (Å²) in [4.78, 5) is 14.3. The minimum absolute atomic E-state index is 0.00343. The van der Waals surface area contributed by atoms with E-state index in [-0.39, 0.29) is 11.8 Å². The Labute approximate surface area is 119 Å². The first-order valence-electron chi connectivity index (χ1n) is 6.06. The fraction of sp³-hybridized carbons (Fsp3) is 0.429. The molecule has 0 spiro atoms. The van der Waals surface area contributed by atoms with Gasteiger partial charge in [0, 0.05) is 25.1 Å². The summed E-state index contributed by atoms with van der Waals surface area (Å²) in [7, 11) is 3.33. The number of benzene rings is 1. The molecule has 0 aliphatic carbocycles. The van der Waals surface area contributed by atoms with Gasteiger partial charge in [0.15, 0.2) is 0 Å². The lowest BCUT2D eigenvalue weighted by Crippen LogP contribution is -2.35. The van der Waals surface area contributed by atoms with Gasteiger partial charge in [0.05, 0.1) is 12.1 Å². The second-order valence-electron chi connectivity index (χ2n) is 4.67. The number of ether oxygens (including phenoxy) is 1. The van der Waals surface area contributed by atoms with Crippen LogP contribution in [0.25, 0.3) is 0 Å². The van der Waals surface area contributed by atoms with E-state index in [0.29, 0.717) is 22.8 Å². The summed E-state index contributed by atoms with van der Waals surface area (Å²) in [6, 6.07) is 5.42. The molecule has 0 heterocycles. The van der Waals surface area contributed by atoms with Crippen molar-refractivity contribution in [2.24, 2.45) is 11.7 Å². The summed E-state index contributed by atoms with van der Waals surface area (Å²) in [6.07, 6.45) is 0. The molecule has 5 heteroatoms. The van der Waals surface area contributed by atoms with Gasteiger partial charge < -0.3 is 15.4 Å². The maximum atomic E-state index is 12.3. The average molecular weight is 280 g/mol. The number of rotatable bonds is 5. The number of hydrogen-bond donors (Lipinski definition) is 1. The summed E-state index contributed by atoms with van der Waals surface area (Å²) in [6.45, 7) is 4.35. The van der Waals surface area contributed by atoms with Gasteiger partial charge in [0.1, 0.15) is 5.75 Å². The monoisotopic (exact) mass is 280 g/mol. The largest absolute Gasteiger partial charge is 0.496 e. The Morgan fingerprint density at radius 1 is 1.53 bits per heavy atom. The van der Waals surface area contributed by atoms with Crippen LogP contribution in [0.2, 0.25) is 0 Å². The summed E-state index contributed by atoms with van der Waals surface area (Å²) in [5.41, 5.74) is 7.16. The Hall–Kier alpha value is -1.62. The number of carbonyl (C=O) groups is 1. The molecule has 1 rings (SSSR count). The van der Waals surface area contributed by atoms with Crippen molar-refractivity contribution in [2.75, 3.05) is 20.7 Å². The first-order chi connectivity index (χ1) is 8.86. The Morgan fingerprint density at radius 3 is 2.68 bits per heavy atom. The highest BCUT2D eigenvalue weighted by atomic mass is 32.1. The van der Waals surface area contributed by atoms with Crippen molar-refractivity contribution in [2.45, 2.75) is 13.8 Å². The summed E-state index contributed by atoms with van der Waals surface area (Å²) in [5.74, 6) is 0.638. The molecule has 0 radical (unpaired) electrons. The number of nitrogens with two attached hydrogens (primary N) is 1. The van der Waals surface area contributed by atoms with Crippen LogP contribution in [0.15, 0.2) is 18.2 Å². The lowest BCUT2D eigenvalue weighted by Gasteiger charge is -2.21. The van der Waals surface area contributed by atoms with Gasteiger partial charge in [-0.15, -0.1) is 0 Å². The lowest BCUT2D eigenvalue weighted by molar-refractivity contribution is 0.0786. The van der Waals surface area contributed by atoms with Crippen LogP contribution in [-0.2, 0) is 0 Å². The first kappa shape index (κ1) is 15.4.